The average Bonchev–Trinajstić information content (AvgIpc) is 2.73. The molecule has 160 valence electrons. The molecular formula is C20H26FN7O2. The molecule has 2 atom stereocenters. The number of allylic oxidation sites excluding steroid dienone is 1. The highest BCUT2D eigenvalue weighted by Gasteiger charge is 2.24. The number of aromatic nitrogens is 3. The predicted molar refractivity (Wildman–Crippen MR) is 115 cm³/mol. The van der Waals surface area contributed by atoms with Gasteiger partial charge in [-0.1, -0.05) is 0 Å². The van der Waals surface area contributed by atoms with Crippen molar-refractivity contribution in [1.82, 2.24) is 15.0 Å². The van der Waals surface area contributed by atoms with Crippen LogP contribution >= 0.6 is 0 Å². The molecule has 0 aliphatic carbocycles. The Morgan fingerprint density at radius 2 is 2.07 bits per heavy atom. The van der Waals surface area contributed by atoms with E-state index >= 15 is 0 Å². The number of nitrogens with zero attached hydrogens (tertiary/aromatic N) is 5. The second-order valence-corrected chi connectivity index (χ2v) is 6.87. The number of pyridine rings is 1. The predicted octanol–water partition coefficient (Wildman–Crippen LogP) is 2.60. The van der Waals surface area contributed by atoms with Crippen LogP contribution < -0.4 is 15.4 Å². The van der Waals surface area contributed by atoms with Gasteiger partial charge in [0.15, 0.2) is 11.6 Å². The molecule has 0 unspecified atom stereocenters. The highest BCUT2D eigenvalue weighted by atomic mass is 19.1. The van der Waals surface area contributed by atoms with Gasteiger partial charge in [-0.3, -0.25) is 0 Å². The first-order valence-corrected chi connectivity index (χ1v) is 9.39. The number of morpholine rings is 1. The molecule has 0 radical (unpaired) electrons. The second-order valence-electron chi connectivity index (χ2n) is 6.87. The quantitative estimate of drug-likeness (QED) is 0.549. The average molecular weight is 415 g/mol. The van der Waals surface area contributed by atoms with Gasteiger partial charge in [0.1, 0.15) is 5.84 Å². The number of rotatable bonds is 6. The number of nitrogens with two attached hydrogens (primary N) is 1. The maximum absolute atomic E-state index is 14.3. The smallest absolute Gasteiger partial charge is 0.227 e. The number of amidine groups is 1. The summed E-state index contributed by atoms with van der Waals surface area (Å²) in [6.45, 7) is 5.11. The van der Waals surface area contributed by atoms with Crippen molar-refractivity contribution in [2.75, 3.05) is 25.1 Å². The lowest BCUT2D eigenvalue weighted by molar-refractivity contribution is -0.00572. The Morgan fingerprint density at radius 1 is 1.33 bits per heavy atom. The van der Waals surface area contributed by atoms with Crippen LogP contribution in [0.25, 0.3) is 5.57 Å². The summed E-state index contributed by atoms with van der Waals surface area (Å²) in [6.07, 6.45) is 5.22. The molecule has 10 heteroatoms. The number of halogens is 1. The second kappa shape index (κ2) is 9.40. The van der Waals surface area contributed by atoms with Crippen LogP contribution in [0.2, 0.25) is 0 Å². The molecule has 3 heterocycles. The molecule has 0 spiro atoms. The Balaban J connectivity index is 0.00000341. The fourth-order valence-corrected chi connectivity index (χ4v) is 3.12. The van der Waals surface area contributed by atoms with Crippen LogP contribution in [-0.2, 0) is 4.74 Å². The maximum atomic E-state index is 14.3. The summed E-state index contributed by atoms with van der Waals surface area (Å²) in [5, 5.41) is 7.64. The number of methoxy groups -OCH3 is 1. The Hall–Kier alpha value is -3.40. The van der Waals surface area contributed by atoms with Gasteiger partial charge in [0.25, 0.3) is 0 Å². The van der Waals surface area contributed by atoms with E-state index in [9.17, 15) is 4.39 Å². The first-order valence-electron chi connectivity index (χ1n) is 9.39. The van der Waals surface area contributed by atoms with E-state index in [1.807, 2.05) is 18.7 Å². The number of hydrogen-bond donors (Lipinski definition) is 2. The molecular weight excluding hydrogens is 389 g/mol. The SMILES string of the molecule is COc1ccc(/C(C=N)=C/C(N)=Nc2nc(N3C[C@@H](C)O[C@@H](C)C3)ncc2F)cn1.[HH]. The van der Waals surface area contributed by atoms with Crippen molar-refractivity contribution in [3.63, 3.8) is 0 Å². The molecule has 3 N–H and O–H groups in total. The molecule has 30 heavy (non-hydrogen) atoms. The van der Waals surface area contributed by atoms with Crippen molar-refractivity contribution in [2.24, 2.45) is 10.7 Å². The van der Waals surface area contributed by atoms with E-state index < -0.39 is 5.82 Å². The molecule has 0 bridgehead atoms. The molecule has 1 fully saturated rings. The molecule has 0 aromatic carbocycles. The van der Waals surface area contributed by atoms with Gasteiger partial charge in [-0.2, -0.15) is 4.98 Å². The third kappa shape index (κ3) is 5.15. The summed E-state index contributed by atoms with van der Waals surface area (Å²) in [7, 11) is 1.52. The number of ether oxygens (including phenoxy) is 2. The monoisotopic (exact) mass is 415 g/mol. The minimum atomic E-state index is -0.688. The van der Waals surface area contributed by atoms with Crippen molar-refractivity contribution < 1.29 is 15.3 Å². The standard InChI is InChI=1S/C20H24FN7O2.H2/c1-12-10-28(11-13(2)30-12)20-25-9-16(21)19(27-20)26-17(23)6-15(7-22)14-4-5-18(29-3)24-8-14;/h4-9,12-13,22H,10-11H2,1-3H3,(H2,23,25,26,27);1H/b15-6+,22-7?;/t12-,13+;. The molecule has 2 aromatic rings. The third-order valence-electron chi connectivity index (χ3n) is 4.39. The Morgan fingerprint density at radius 3 is 2.67 bits per heavy atom. The Kier molecular flexibility index (Phi) is 6.68. The van der Waals surface area contributed by atoms with Gasteiger partial charge in [0.05, 0.1) is 25.5 Å². The van der Waals surface area contributed by atoms with Gasteiger partial charge in [-0.25, -0.2) is 19.4 Å². The Bertz CT molecular complexity index is 959. The zero-order chi connectivity index (χ0) is 21.7. The zero-order valence-corrected chi connectivity index (χ0v) is 17.0. The van der Waals surface area contributed by atoms with E-state index in [0.717, 1.165) is 12.4 Å². The zero-order valence-electron chi connectivity index (χ0n) is 17.0. The van der Waals surface area contributed by atoms with Gasteiger partial charge >= 0.3 is 0 Å². The van der Waals surface area contributed by atoms with E-state index in [2.05, 4.69) is 19.9 Å². The van der Waals surface area contributed by atoms with Gasteiger partial charge in [0.2, 0.25) is 11.8 Å². The third-order valence-corrected chi connectivity index (χ3v) is 4.39. The van der Waals surface area contributed by atoms with Crippen LogP contribution in [-0.4, -0.2) is 59.4 Å². The molecule has 0 saturated carbocycles. The molecule has 1 aliphatic rings. The van der Waals surface area contributed by atoms with Crippen molar-refractivity contribution in [3.05, 3.63) is 42.0 Å². The maximum Gasteiger partial charge on any atom is 0.227 e. The fourth-order valence-electron chi connectivity index (χ4n) is 3.12. The molecule has 1 aliphatic heterocycles. The van der Waals surface area contributed by atoms with Crippen LogP contribution in [0.15, 0.2) is 35.6 Å². The van der Waals surface area contributed by atoms with E-state index in [0.29, 0.717) is 36.1 Å². The van der Waals surface area contributed by atoms with Crippen molar-refractivity contribution in [3.8, 4) is 5.88 Å². The highest BCUT2D eigenvalue weighted by molar-refractivity contribution is 6.15. The normalized spacial score (nSPS) is 20.2. The lowest BCUT2D eigenvalue weighted by Crippen LogP contribution is -2.46. The minimum Gasteiger partial charge on any atom is -0.481 e. The van der Waals surface area contributed by atoms with Crippen molar-refractivity contribution in [2.45, 2.75) is 26.1 Å². The van der Waals surface area contributed by atoms with Crippen LogP contribution in [0.3, 0.4) is 0 Å². The molecule has 0 amide bonds. The van der Waals surface area contributed by atoms with E-state index in [1.165, 1.54) is 13.2 Å². The summed E-state index contributed by atoms with van der Waals surface area (Å²) >= 11 is 0. The van der Waals surface area contributed by atoms with Crippen molar-refractivity contribution in [1.29, 1.82) is 5.41 Å². The summed E-state index contributed by atoms with van der Waals surface area (Å²) in [6, 6.07) is 3.40. The minimum absolute atomic E-state index is 0. The molecule has 2 aromatic heterocycles. The topological polar surface area (TPSA) is 123 Å². The van der Waals surface area contributed by atoms with Crippen LogP contribution in [0, 0.1) is 11.2 Å². The van der Waals surface area contributed by atoms with Crippen molar-refractivity contribution >= 4 is 29.4 Å². The number of anilines is 1. The van der Waals surface area contributed by atoms with Crippen LogP contribution in [0.5, 0.6) is 5.88 Å². The van der Waals surface area contributed by atoms with Crippen LogP contribution in [0.1, 0.15) is 20.8 Å². The van der Waals surface area contributed by atoms with Gasteiger partial charge in [-0.15, -0.1) is 0 Å². The number of nitrogens with one attached hydrogen (secondary N) is 1. The van der Waals surface area contributed by atoms with Gasteiger partial charge in [0, 0.05) is 44.1 Å². The number of hydrogen-bond acceptors (Lipinski definition) is 8. The van der Waals surface area contributed by atoms with Gasteiger partial charge in [-0.05, 0) is 26.0 Å². The first kappa shape index (κ1) is 21.3. The summed E-state index contributed by atoms with van der Waals surface area (Å²) in [5.41, 5.74) is 7.08. The molecule has 3 rings (SSSR count). The van der Waals surface area contributed by atoms with E-state index in [1.54, 1.807) is 18.3 Å². The molecule has 1 saturated heterocycles. The van der Waals surface area contributed by atoms with E-state index in [-0.39, 0.29) is 25.3 Å². The van der Waals surface area contributed by atoms with E-state index in [4.69, 9.17) is 20.6 Å². The fraction of sp³-hybridized carbons (Fsp3) is 0.350. The highest BCUT2D eigenvalue weighted by Crippen LogP contribution is 2.22. The summed E-state index contributed by atoms with van der Waals surface area (Å²) < 4.78 is 25.0. The summed E-state index contributed by atoms with van der Waals surface area (Å²) in [4.78, 5) is 18.4. The van der Waals surface area contributed by atoms with Gasteiger partial charge < -0.3 is 25.5 Å². The largest absolute Gasteiger partial charge is 0.481 e. The van der Waals surface area contributed by atoms with Crippen LogP contribution in [0.4, 0.5) is 16.2 Å². The number of aliphatic imine (C=N–C) groups is 1. The summed E-state index contributed by atoms with van der Waals surface area (Å²) in [5.74, 6) is -0.0473. The lowest BCUT2D eigenvalue weighted by Gasteiger charge is -2.35. The Labute approximate surface area is 175 Å². The first-order chi connectivity index (χ1) is 14.4. The lowest BCUT2D eigenvalue weighted by atomic mass is 10.1. The molecule has 9 nitrogen and oxygen atoms in total.